The van der Waals surface area contributed by atoms with Crippen molar-refractivity contribution in [1.82, 2.24) is 10.6 Å². The maximum absolute atomic E-state index is 12.3. The molecule has 2 rings (SSSR count). The lowest BCUT2D eigenvalue weighted by atomic mass is 9.90. The molecule has 2 fully saturated rings. The number of hydrogen-bond donors (Lipinski definition) is 2. The first-order chi connectivity index (χ1) is 9.16. The van der Waals surface area contributed by atoms with Crippen molar-refractivity contribution >= 4 is 5.91 Å². The predicted octanol–water partition coefficient (Wildman–Crippen LogP) is 2.85. The number of carbonyl (C=O) groups excluding carboxylic acids is 1. The fourth-order valence-corrected chi connectivity index (χ4v) is 3.64. The van der Waals surface area contributed by atoms with Crippen molar-refractivity contribution in [3.63, 3.8) is 0 Å². The minimum absolute atomic E-state index is 0.226. The van der Waals surface area contributed by atoms with Gasteiger partial charge in [0.2, 0.25) is 5.91 Å². The number of amides is 1. The van der Waals surface area contributed by atoms with Crippen LogP contribution in [0.3, 0.4) is 0 Å². The Bertz CT molecular complexity index is 284. The molecule has 2 unspecified atom stereocenters. The lowest BCUT2D eigenvalue weighted by Gasteiger charge is -2.30. The Hall–Kier alpha value is -0.570. The third-order valence-electron chi connectivity index (χ3n) is 4.97. The van der Waals surface area contributed by atoms with Gasteiger partial charge in [-0.2, -0.15) is 0 Å². The summed E-state index contributed by atoms with van der Waals surface area (Å²) in [4.78, 5) is 12.3. The SMILES string of the molecule is CC1CC(C(=O)N[C@H](C)C2CCCCCC2)CCN1. The molecule has 3 heteroatoms. The molecule has 110 valence electrons. The monoisotopic (exact) mass is 266 g/mol. The number of nitrogens with one attached hydrogen (secondary N) is 2. The van der Waals surface area contributed by atoms with E-state index in [1.165, 1.54) is 38.5 Å². The highest BCUT2D eigenvalue weighted by atomic mass is 16.1. The van der Waals surface area contributed by atoms with Crippen molar-refractivity contribution < 1.29 is 4.79 Å². The topological polar surface area (TPSA) is 41.1 Å². The molecule has 0 aromatic carbocycles. The molecule has 19 heavy (non-hydrogen) atoms. The molecule has 3 atom stereocenters. The van der Waals surface area contributed by atoms with E-state index >= 15 is 0 Å². The fraction of sp³-hybridized carbons (Fsp3) is 0.938. The number of rotatable bonds is 3. The van der Waals surface area contributed by atoms with Gasteiger partial charge in [0, 0.05) is 18.0 Å². The lowest BCUT2D eigenvalue weighted by molar-refractivity contribution is -0.127. The molecule has 0 bridgehead atoms. The summed E-state index contributed by atoms with van der Waals surface area (Å²) >= 11 is 0. The zero-order chi connectivity index (χ0) is 13.7. The van der Waals surface area contributed by atoms with Gasteiger partial charge in [0.25, 0.3) is 0 Å². The van der Waals surface area contributed by atoms with E-state index in [0.29, 0.717) is 23.9 Å². The van der Waals surface area contributed by atoms with E-state index in [-0.39, 0.29) is 5.92 Å². The normalized spacial score (nSPS) is 31.5. The average Bonchev–Trinajstić information content (AvgIpc) is 2.67. The molecule has 0 aromatic rings. The summed E-state index contributed by atoms with van der Waals surface area (Å²) < 4.78 is 0. The summed E-state index contributed by atoms with van der Waals surface area (Å²) in [5.41, 5.74) is 0. The highest BCUT2D eigenvalue weighted by molar-refractivity contribution is 5.79. The van der Waals surface area contributed by atoms with Crippen molar-refractivity contribution in [3.8, 4) is 0 Å². The highest BCUT2D eigenvalue weighted by Gasteiger charge is 2.27. The van der Waals surface area contributed by atoms with Crippen LogP contribution in [0.25, 0.3) is 0 Å². The maximum atomic E-state index is 12.3. The van der Waals surface area contributed by atoms with Crippen LogP contribution < -0.4 is 10.6 Å². The van der Waals surface area contributed by atoms with Gasteiger partial charge in [-0.25, -0.2) is 0 Å². The Morgan fingerprint density at radius 1 is 1.16 bits per heavy atom. The van der Waals surface area contributed by atoms with E-state index in [4.69, 9.17) is 0 Å². The van der Waals surface area contributed by atoms with Crippen molar-refractivity contribution in [1.29, 1.82) is 0 Å². The third-order valence-corrected chi connectivity index (χ3v) is 4.97. The van der Waals surface area contributed by atoms with E-state index in [9.17, 15) is 4.79 Å². The Labute approximate surface area is 117 Å². The van der Waals surface area contributed by atoms with Gasteiger partial charge in [0.05, 0.1) is 0 Å². The molecule has 1 aliphatic carbocycles. The second kappa shape index (κ2) is 7.28. The predicted molar refractivity (Wildman–Crippen MR) is 79.0 cm³/mol. The molecular weight excluding hydrogens is 236 g/mol. The maximum Gasteiger partial charge on any atom is 0.223 e. The van der Waals surface area contributed by atoms with E-state index in [2.05, 4.69) is 24.5 Å². The molecule has 1 aliphatic heterocycles. The first-order valence-electron chi connectivity index (χ1n) is 8.20. The van der Waals surface area contributed by atoms with Crippen LogP contribution in [0.4, 0.5) is 0 Å². The first kappa shape index (κ1) is 14.8. The fourth-order valence-electron chi connectivity index (χ4n) is 3.64. The Morgan fingerprint density at radius 2 is 1.84 bits per heavy atom. The summed E-state index contributed by atoms with van der Waals surface area (Å²) in [5, 5.41) is 6.71. The van der Waals surface area contributed by atoms with Gasteiger partial charge in [-0.1, -0.05) is 25.7 Å². The minimum atomic E-state index is 0.226. The molecule has 0 spiro atoms. The summed E-state index contributed by atoms with van der Waals surface area (Å²) in [6.45, 7) is 5.36. The molecule has 3 nitrogen and oxygen atoms in total. The van der Waals surface area contributed by atoms with Gasteiger partial charge in [-0.15, -0.1) is 0 Å². The largest absolute Gasteiger partial charge is 0.353 e. The van der Waals surface area contributed by atoms with Crippen molar-refractivity contribution in [2.45, 2.75) is 77.3 Å². The standard InChI is InChI=1S/C16H30N2O/c1-12-11-15(9-10-17-12)16(19)18-13(2)14-7-5-3-4-6-8-14/h12-15,17H,3-11H2,1-2H3,(H,18,19)/t12?,13-,15?/m1/s1. The smallest absolute Gasteiger partial charge is 0.223 e. The first-order valence-corrected chi connectivity index (χ1v) is 8.20. The van der Waals surface area contributed by atoms with Gasteiger partial charge in [-0.05, 0) is 52.0 Å². The van der Waals surface area contributed by atoms with Gasteiger partial charge < -0.3 is 10.6 Å². The molecule has 0 aromatic heterocycles. The quantitative estimate of drug-likeness (QED) is 0.771. The van der Waals surface area contributed by atoms with Crippen LogP contribution in [-0.2, 0) is 4.79 Å². The third kappa shape index (κ3) is 4.48. The summed E-state index contributed by atoms with van der Waals surface area (Å²) in [5.74, 6) is 1.22. The summed E-state index contributed by atoms with van der Waals surface area (Å²) in [6, 6.07) is 0.841. The summed E-state index contributed by atoms with van der Waals surface area (Å²) in [7, 11) is 0. The van der Waals surface area contributed by atoms with E-state index < -0.39 is 0 Å². The molecule has 1 heterocycles. The Morgan fingerprint density at radius 3 is 2.47 bits per heavy atom. The van der Waals surface area contributed by atoms with Gasteiger partial charge >= 0.3 is 0 Å². The van der Waals surface area contributed by atoms with Crippen LogP contribution in [0.2, 0.25) is 0 Å². The van der Waals surface area contributed by atoms with Crippen molar-refractivity contribution in [2.75, 3.05) is 6.54 Å². The van der Waals surface area contributed by atoms with Crippen LogP contribution >= 0.6 is 0 Å². The van der Waals surface area contributed by atoms with Crippen molar-refractivity contribution in [2.24, 2.45) is 11.8 Å². The Kier molecular flexibility index (Phi) is 5.68. The van der Waals surface area contributed by atoms with Crippen LogP contribution in [0, 0.1) is 11.8 Å². The van der Waals surface area contributed by atoms with E-state index in [0.717, 1.165) is 19.4 Å². The zero-order valence-electron chi connectivity index (χ0n) is 12.6. The van der Waals surface area contributed by atoms with Crippen LogP contribution in [0.1, 0.15) is 65.2 Å². The minimum Gasteiger partial charge on any atom is -0.353 e. The molecule has 2 N–H and O–H groups in total. The number of piperidine rings is 1. The average molecular weight is 266 g/mol. The van der Waals surface area contributed by atoms with Crippen LogP contribution in [0.5, 0.6) is 0 Å². The van der Waals surface area contributed by atoms with Crippen LogP contribution in [0.15, 0.2) is 0 Å². The van der Waals surface area contributed by atoms with Gasteiger partial charge in [-0.3, -0.25) is 4.79 Å². The molecule has 1 saturated heterocycles. The molecular formula is C16H30N2O. The van der Waals surface area contributed by atoms with E-state index in [1.54, 1.807) is 0 Å². The molecule has 1 amide bonds. The lowest BCUT2D eigenvalue weighted by Crippen LogP contribution is -2.46. The molecule has 0 radical (unpaired) electrons. The molecule has 1 saturated carbocycles. The number of hydrogen-bond acceptors (Lipinski definition) is 2. The van der Waals surface area contributed by atoms with Gasteiger partial charge in [0.1, 0.15) is 0 Å². The van der Waals surface area contributed by atoms with Crippen LogP contribution in [-0.4, -0.2) is 24.5 Å². The highest BCUT2D eigenvalue weighted by Crippen LogP contribution is 2.26. The number of carbonyl (C=O) groups is 1. The summed E-state index contributed by atoms with van der Waals surface area (Å²) in [6.07, 6.45) is 10.0. The zero-order valence-corrected chi connectivity index (χ0v) is 12.6. The second-order valence-corrected chi connectivity index (χ2v) is 6.63. The molecule has 2 aliphatic rings. The second-order valence-electron chi connectivity index (χ2n) is 6.63. The van der Waals surface area contributed by atoms with E-state index in [1.807, 2.05) is 0 Å². The van der Waals surface area contributed by atoms with Gasteiger partial charge in [0.15, 0.2) is 0 Å². The Balaban J connectivity index is 1.80. The van der Waals surface area contributed by atoms with Crippen molar-refractivity contribution in [3.05, 3.63) is 0 Å².